The van der Waals surface area contributed by atoms with E-state index < -0.39 is 12.1 Å². The van der Waals surface area contributed by atoms with Crippen LogP contribution in [-0.2, 0) is 14.3 Å². The van der Waals surface area contributed by atoms with Gasteiger partial charge in [0.05, 0.1) is 7.11 Å². The molecule has 1 N–H and O–H groups in total. The Kier molecular flexibility index (Phi) is 5.36. The summed E-state index contributed by atoms with van der Waals surface area (Å²) in [6, 6.07) is 6.65. The summed E-state index contributed by atoms with van der Waals surface area (Å²) in [6.07, 6.45) is 5.73. The number of carbonyl (C=O) groups excluding carboxylic acids is 3. The lowest BCUT2D eigenvalue weighted by Gasteiger charge is -2.55. The monoisotopic (exact) mass is 399 g/mol. The van der Waals surface area contributed by atoms with Crippen LogP contribution in [0.5, 0.6) is 5.75 Å². The van der Waals surface area contributed by atoms with E-state index in [1.165, 1.54) is 19.3 Å². The van der Waals surface area contributed by atoms with Crippen LogP contribution in [0.2, 0.25) is 0 Å². The van der Waals surface area contributed by atoms with Crippen molar-refractivity contribution in [3.8, 4) is 5.75 Å². The molecule has 29 heavy (non-hydrogen) atoms. The maximum absolute atomic E-state index is 12.9. The van der Waals surface area contributed by atoms with Crippen molar-refractivity contribution < 1.29 is 23.9 Å². The van der Waals surface area contributed by atoms with E-state index in [2.05, 4.69) is 5.32 Å². The fraction of sp³-hybridized carbons (Fsp3) is 0.609. The minimum Gasteiger partial charge on any atom is -0.497 e. The van der Waals surface area contributed by atoms with Gasteiger partial charge in [0.1, 0.15) is 12.3 Å². The number of carbonyl (C=O) groups is 3. The largest absolute Gasteiger partial charge is 0.497 e. The van der Waals surface area contributed by atoms with Crippen molar-refractivity contribution in [1.82, 2.24) is 5.32 Å². The summed E-state index contributed by atoms with van der Waals surface area (Å²) in [5.74, 6) is 1.77. The lowest BCUT2D eigenvalue weighted by Crippen LogP contribution is -2.54. The standard InChI is InChI=1S/C23H29NO5/c1-14(21(26)18-3-5-19(28-2)6-4-18)29-20(25)13-24-22(27)23-10-15-7-16(11-23)9-17(8-15)12-23/h3-6,14-17H,7-13H2,1-2H3,(H,24,27)/t14-,15?,16?,17?,23?/m1/s1. The molecule has 1 atom stereocenters. The van der Waals surface area contributed by atoms with Crippen molar-refractivity contribution >= 4 is 17.7 Å². The van der Waals surface area contributed by atoms with Crippen molar-refractivity contribution in [1.29, 1.82) is 0 Å². The predicted molar refractivity (Wildman–Crippen MR) is 106 cm³/mol. The summed E-state index contributed by atoms with van der Waals surface area (Å²) < 4.78 is 10.3. The number of methoxy groups -OCH3 is 1. The SMILES string of the molecule is COc1ccc(C(=O)[C@@H](C)OC(=O)CNC(=O)C23CC4CC(CC(C4)C2)C3)cc1. The number of amides is 1. The third-order valence-electron chi connectivity index (χ3n) is 6.97. The van der Waals surface area contributed by atoms with Crippen LogP contribution in [0.15, 0.2) is 24.3 Å². The van der Waals surface area contributed by atoms with Gasteiger partial charge >= 0.3 is 5.97 Å². The first-order valence-corrected chi connectivity index (χ1v) is 10.5. The number of benzene rings is 1. The molecule has 1 amide bonds. The Labute approximate surface area is 171 Å². The van der Waals surface area contributed by atoms with Crippen molar-refractivity contribution in [3.05, 3.63) is 29.8 Å². The molecule has 4 saturated carbocycles. The molecule has 6 heteroatoms. The molecule has 0 radical (unpaired) electrons. The summed E-state index contributed by atoms with van der Waals surface area (Å²) in [5, 5.41) is 2.80. The molecule has 4 aliphatic carbocycles. The zero-order valence-electron chi connectivity index (χ0n) is 17.1. The lowest BCUT2D eigenvalue weighted by atomic mass is 9.49. The Morgan fingerprint density at radius 2 is 1.59 bits per heavy atom. The average molecular weight is 399 g/mol. The maximum Gasteiger partial charge on any atom is 0.326 e. The third kappa shape index (κ3) is 4.02. The van der Waals surface area contributed by atoms with Crippen LogP contribution >= 0.6 is 0 Å². The molecule has 156 valence electrons. The molecule has 0 heterocycles. The molecule has 0 unspecified atom stereocenters. The Bertz CT molecular complexity index is 765. The van der Waals surface area contributed by atoms with E-state index in [-0.39, 0.29) is 23.7 Å². The summed E-state index contributed by atoms with van der Waals surface area (Å²) in [6.45, 7) is 1.35. The number of nitrogens with one attached hydrogen (secondary N) is 1. The molecule has 0 aromatic heterocycles. The van der Waals surface area contributed by atoms with Gasteiger partial charge in [0.2, 0.25) is 11.7 Å². The van der Waals surface area contributed by atoms with Gasteiger partial charge < -0.3 is 14.8 Å². The first-order valence-electron chi connectivity index (χ1n) is 10.5. The molecule has 1 aromatic rings. The van der Waals surface area contributed by atoms with Crippen molar-refractivity contribution in [2.24, 2.45) is 23.2 Å². The highest BCUT2D eigenvalue weighted by molar-refractivity contribution is 6.00. The lowest BCUT2D eigenvalue weighted by molar-refractivity contribution is -0.152. The third-order valence-corrected chi connectivity index (χ3v) is 6.97. The van der Waals surface area contributed by atoms with E-state index >= 15 is 0 Å². The number of ether oxygens (including phenoxy) is 2. The number of rotatable bonds is 7. The Morgan fingerprint density at radius 3 is 2.10 bits per heavy atom. The van der Waals surface area contributed by atoms with Crippen LogP contribution in [0.3, 0.4) is 0 Å². The molecule has 6 nitrogen and oxygen atoms in total. The van der Waals surface area contributed by atoms with Crippen molar-refractivity contribution in [3.63, 3.8) is 0 Å². The second kappa shape index (κ2) is 7.81. The normalized spacial score (nSPS) is 30.5. The van der Waals surface area contributed by atoms with Gasteiger partial charge in [0, 0.05) is 11.0 Å². The number of Topliss-reactive ketones (excluding diaryl/α,β-unsaturated/α-hetero) is 1. The van der Waals surface area contributed by atoms with E-state index in [0.29, 0.717) is 29.1 Å². The summed E-state index contributed by atoms with van der Waals surface area (Å²) >= 11 is 0. The molecule has 4 fully saturated rings. The van der Waals surface area contributed by atoms with Crippen molar-refractivity contribution in [2.75, 3.05) is 13.7 Å². The fourth-order valence-corrected chi connectivity index (χ4v) is 6.01. The van der Waals surface area contributed by atoms with Crippen molar-refractivity contribution in [2.45, 2.75) is 51.6 Å². The highest BCUT2D eigenvalue weighted by Crippen LogP contribution is 2.60. The van der Waals surface area contributed by atoms with Crippen LogP contribution < -0.4 is 10.1 Å². The zero-order valence-corrected chi connectivity index (χ0v) is 17.1. The summed E-state index contributed by atoms with van der Waals surface area (Å²) in [4.78, 5) is 37.6. The second-order valence-electron chi connectivity index (χ2n) is 9.11. The fourth-order valence-electron chi connectivity index (χ4n) is 6.01. The molecule has 0 spiro atoms. The van der Waals surface area contributed by atoms with Crippen LogP contribution in [0, 0.1) is 23.2 Å². The van der Waals surface area contributed by atoms with E-state index in [1.54, 1.807) is 38.3 Å². The average Bonchev–Trinajstić information content (AvgIpc) is 2.70. The highest BCUT2D eigenvalue weighted by atomic mass is 16.5. The minimum atomic E-state index is -0.910. The number of hydrogen-bond donors (Lipinski definition) is 1. The van der Waals surface area contributed by atoms with E-state index in [4.69, 9.17) is 9.47 Å². The molecule has 0 saturated heterocycles. The highest BCUT2D eigenvalue weighted by Gasteiger charge is 2.54. The van der Waals surface area contributed by atoms with Gasteiger partial charge in [-0.15, -0.1) is 0 Å². The van der Waals surface area contributed by atoms with Gasteiger partial charge in [-0.25, -0.2) is 0 Å². The van der Waals surface area contributed by atoms with Crippen LogP contribution in [-0.4, -0.2) is 37.4 Å². The van der Waals surface area contributed by atoms with Gasteiger partial charge in [-0.3, -0.25) is 14.4 Å². The van der Waals surface area contributed by atoms with E-state index in [9.17, 15) is 14.4 Å². The van der Waals surface area contributed by atoms with E-state index in [1.807, 2.05) is 0 Å². The van der Waals surface area contributed by atoms with Crippen LogP contribution in [0.1, 0.15) is 55.8 Å². The first-order chi connectivity index (χ1) is 13.9. The molecule has 4 bridgehead atoms. The molecular formula is C23H29NO5. The summed E-state index contributed by atoms with van der Waals surface area (Å²) in [5.41, 5.74) is 0.156. The van der Waals surface area contributed by atoms with Gasteiger partial charge in [0.25, 0.3) is 0 Å². The Hall–Kier alpha value is -2.37. The van der Waals surface area contributed by atoms with Crippen LogP contribution in [0.25, 0.3) is 0 Å². The second-order valence-corrected chi connectivity index (χ2v) is 9.11. The zero-order chi connectivity index (χ0) is 20.6. The van der Waals surface area contributed by atoms with Gasteiger partial charge in [-0.2, -0.15) is 0 Å². The quantitative estimate of drug-likeness (QED) is 0.563. The Balaban J connectivity index is 1.28. The Morgan fingerprint density at radius 1 is 1.03 bits per heavy atom. The first kappa shape index (κ1) is 19.9. The molecule has 5 rings (SSSR count). The number of esters is 1. The number of hydrogen-bond acceptors (Lipinski definition) is 5. The smallest absolute Gasteiger partial charge is 0.326 e. The number of ketones is 1. The van der Waals surface area contributed by atoms with Gasteiger partial charge in [-0.1, -0.05) is 0 Å². The molecule has 1 aromatic carbocycles. The molecule has 4 aliphatic rings. The van der Waals surface area contributed by atoms with E-state index in [0.717, 1.165) is 19.3 Å². The maximum atomic E-state index is 12.9. The van der Waals surface area contributed by atoms with Gasteiger partial charge in [-0.05, 0) is 87.5 Å². The van der Waals surface area contributed by atoms with Gasteiger partial charge in [0.15, 0.2) is 6.10 Å². The van der Waals surface area contributed by atoms with Crippen LogP contribution in [0.4, 0.5) is 0 Å². The summed E-state index contributed by atoms with van der Waals surface area (Å²) in [7, 11) is 1.55. The topological polar surface area (TPSA) is 81.7 Å². The predicted octanol–water partition coefficient (Wildman–Crippen LogP) is 3.14. The minimum absolute atomic E-state index is 0.0114. The molecule has 0 aliphatic heterocycles. The molecular weight excluding hydrogens is 370 g/mol.